The normalized spacial score (nSPS) is 16.9. The first-order valence-electron chi connectivity index (χ1n) is 5.78. The molecule has 0 atom stereocenters. The van der Waals surface area contributed by atoms with E-state index in [0.29, 0.717) is 18.5 Å². The minimum atomic E-state index is -1.10. The molecule has 1 aliphatic rings. The number of hydrogen-bond acceptors (Lipinski definition) is 5. The summed E-state index contributed by atoms with van der Waals surface area (Å²) < 4.78 is 14.1. The summed E-state index contributed by atoms with van der Waals surface area (Å²) in [4.78, 5) is 15.3. The molecule has 0 radical (unpaired) electrons. The molecule has 0 bridgehead atoms. The second kappa shape index (κ2) is 4.08. The summed E-state index contributed by atoms with van der Waals surface area (Å²) in [5.74, 6) is -1.20. The molecule has 8 heteroatoms. The Hall–Kier alpha value is -2.38. The Morgan fingerprint density at radius 3 is 2.74 bits per heavy atom. The number of nitrogens with zero attached hydrogens (tertiary/aromatic N) is 5. The van der Waals surface area contributed by atoms with Gasteiger partial charge in [0.25, 0.3) is 0 Å². The molecular formula is C11H10FN5O2. The van der Waals surface area contributed by atoms with Crippen LogP contribution in [0.25, 0.3) is 11.5 Å². The summed E-state index contributed by atoms with van der Waals surface area (Å²) in [5, 5.41) is 20.5. The zero-order valence-electron chi connectivity index (χ0n) is 9.82. The lowest BCUT2D eigenvalue weighted by atomic mass is 9.77. The van der Waals surface area contributed by atoms with Gasteiger partial charge in [0.05, 0.1) is 6.20 Å². The average molecular weight is 263 g/mol. The highest BCUT2D eigenvalue weighted by molar-refractivity contribution is 5.78. The van der Waals surface area contributed by atoms with E-state index in [9.17, 15) is 14.3 Å². The van der Waals surface area contributed by atoms with Crippen LogP contribution in [-0.4, -0.2) is 36.3 Å². The van der Waals surface area contributed by atoms with Crippen LogP contribution in [-0.2, 0) is 10.3 Å². The van der Waals surface area contributed by atoms with E-state index >= 15 is 0 Å². The molecule has 0 spiro atoms. The van der Waals surface area contributed by atoms with E-state index in [1.165, 1.54) is 16.8 Å². The van der Waals surface area contributed by atoms with Crippen LogP contribution >= 0.6 is 0 Å². The van der Waals surface area contributed by atoms with Crippen molar-refractivity contribution in [1.82, 2.24) is 25.2 Å². The van der Waals surface area contributed by atoms with Gasteiger partial charge in [-0.3, -0.25) is 0 Å². The van der Waals surface area contributed by atoms with Crippen LogP contribution in [0.1, 0.15) is 19.3 Å². The lowest BCUT2D eigenvalue weighted by Crippen LogP contribution is -2.48. The van der Waals surface area contributed by atoms with Gasteiger partial charge in [-0.25, -0.2) is 18.9 Å². The van der Waals surface area contributed by atoms with Crippen LogP contribution in [0.3, 0.4) is 0 Å². The van der Waals surface area contributed by atoms with Gasteiger partial charge < -0.3 is 5.11 Å². The molecule has 1 N–H and O–H groups in total. The Balaban J connectivity index is 2.08. The highest BCUT2D eigenvalue weighted by Crippen LogP contribution is 2.40. The smallest absolute Gasteiger partial charge is 0.331 e. The Morgan fingerprint density at radius 2 is 2.21 bits per heavy atom. The zero-order valence-corrected chi connectivity index (χ0v) is 9.82. The van der Waals surface area contributed by atoms with E-state index in [1.54, 1.807) is 0 Å². The molecule has 98 valence electrons. The van der Waals surface area contributed by atoms with Crippen molar-refractivity contribution >= 4 is 5.97 Å². The SMILES string of the molecule is O=C(O)C1(n2nnnc2-c2ccc(F)cn2)CCC1. The lowest BCUT2D eigenvalue weighted by Gasteiger charge is -2.37. The Kier molecular flexibility index (Phi) is 2.51. The Morgan fingerprint density at radius 1 is 1.42 bits per heavy atom. The third-order valence-electron chi connectivity index (χ3n) is 3.41. The molecule has 0 aromatic carbocycles. The molecular weight excluding hydrogens is 253 g/mol. The van der Waals surface area contributed by atoms with Crippen molar-refractivity contribution in [2.45, 2.75) is 24.8 Å². The molecule has 7 nitrogen and oxygen atoms in total. The van der Waals surface area contributed by atoms with Crippen molar-refractivity contribution in [2.24, 2.45) is 0 Å². The van der Waals surface area contributed by atoms with Crippen molar-refractivity contribution in [3.05, 3.63) is 24.1 Å². The molecule has 0 saturated heterocycles. The number of aromatic nitrogens is 5. The monoisotopic (exact) mass is 263 g/mol. The van der Waals surface area contributed by atoms with Gasteiger partial charge >= 0.3 is 5.97 Å². The summed E-state index contributed by atoms with van der Waals surface area (Å²) in [7, 11) is 0. The number of pyridine rings is 1. The number of carboxylic acid groups (broad SMARTS) is 1. The summed E-state index contributed by atoms with van der Waals surface area (Å²) in [6.45, 7) is 0. The number of halogens is 1. The average Bonchev–Trinajstić information content (AvgIpc) is 2.77. The van der Waals surface area contributed by atoms with Gasteiger partial charge in [0, 0.05) is 0 Å². The molecule has 0 amide bonds. The highest BCUT2D eigenvalue weighted by Gasteiger charge is 2.49. The largest absolute Gasteiger partial charge is 0.479 e. The number of carbonyl (C=O) groups is 1. The number of aliphatic carboxylic acids is 1. The van der Waals surface area contributed by atoms with Gasteiger partial charge in [0.2, 0.25) is 5.82 Å². The summed E-state index contributed by atoms with van der Waals surface area (Å²) >= 11 is 0. The second-order valence-electron chi connectivity index (χ2n) is 4.47. The van der Waals surface area contributed by atoms with Gasteiger partial charge in [-0.05, 0) is 41.8 Å². The maximum Gasteiger partial charge on any atom is 0.331 e. The predicted molar refractivity (Wildman–Crippen MR) is 60.5 cm³/mol. The zero-order chi connectivity index (χ0) is 13.5. The first kappa shape index (κ1) is 11.7. The number of carboxylic acids is 1. The molecule has 1 fully saturated rings. The maximum absolute atomic E-state index is 12.9. The van der Waals surface area contributed by atoms with Crippen molar-refractivity contribution in [2.75, 3.05) is 0 Å². The van der Waals surface area contributed by atoms with Crippen LogP contribution in [0, 0.1) is 5.82 Å². The number of rotatable bonds is 3. The van der Waals surface area contributed by atoms with Gasteiger partial charge in [0.15, 0.2) is 5.54 Å². The first-order chi connectivity index (χ1) is 9.13. The van der Waals surface area contributed by atoms with Gasteiger partial charge in [-0.2, -0.15) is 0 Å². The Labute approximate surface area is 107 Å². The van der Waals surface area contributed by atoms with E-state index in [4.69, 9.17) is 0 Å². The van der Waals surface area contributed by atoms with Crippen molar-refractivity contribution in [1.29, 1.82) is 0 Å². The number of hydrogen-bond donors (Lipinski definition) is 1. The Bertz CT molecular complexity index is 620. The molecule has 2 aromatic rings. The minimum absolute atomic E-state index is 0.238. The van der Waals surface area contributed by atoms with Gasteiger partial charge in [-0.15, -0.1) is 5.10 Å². The molecule has 2 aromatic heterocycles. The van der Waals surface area contributed by atoms with Crippen LogP contribution in [0.2, 0.25) is 0 Å². The van der Waals surface area contributed by atoms with Crippen LogP contribution in [0.5, 0.6) is 0 Å². The fourth-order valence-electron chi connectivity index (χ4n) is 2.17. The molecule has 3 rings (SSSR count). The van der Waals surface area contributed by atoms with Gasteiger partial charge in [-0.1, -0.05) is 0 Å². The van der Waals surface area contributed by atoms with E-state index in [-0.39, 0.29) is 5.82 Å². The van der Waals surface area contributed by atoms with Crippen LogP contribution in [0.15, 0.2) is 18.3 Å². The summed E-state index contributed by atoms with van der Waals surface area (Å²) in [5.41, 5.74) is -0.756. The van der Waals surface area contributed by atoms with Crippen molar-refractivity contribution < 1.29 is 14.3 Å². The third-order valence-corrected chi connectivity index (χ3v) is 3.41. The van der Waals surface area contributed by atoms with E-state index in [1.807, 2.05) is 0 Å². The predicted octanol–water partition coefficient (Wildman–Crippen LogP) is 0.838. The lowest BCUT2D eigenvalue weighted by molar-refractivity contribution is -0.153. The molecule has 0 aliphatic heterocycles. The van der Waals surface area contributed by atoms with Gasteiger partial charge in [0.1, 0.15) is 11.5 Å². The first-order valence-corrected chi connectivity index (χ1v) is 5.78. The fraction of sp³-hybridized carbons (Fsp3) is 0.364. The standard InChI is InChI=1S/C11H10FN5O2/c12-7-2-3-8(13-6-7)9-14-15-16-17(9)11(10(18)19)4-1-5-11/h2-3,6H,1,4-5H2,(H,18,19). The quantitative estimate of drug-likeness (QED) is 0.881. The molecule has 2 heterocycles. The highest BCUT2D eigenvalue weighted by atomic mass is 19.1. The molecule has 0 unspecified atom stereocenters. The molecule has 19 heavy (non-hydrogen) atoms. The van der Waals surface area contributed by atoms with Crippen molar-refractivity contribution in [3.8, 4) is 11.5 Å². The molecule has 1 aliphatic carbocycles. The maximum atomic E-state index is 12.9. The number of tetrazole rings is 1. The van der Waals surface area contributed by atoms with Crippen LogP contribution in [0.4, 0.5) is 4.39 Å². The van der Waals surface area contributed by atoms with E-state index in [0.717, 1.165) is 12.6 Å². The molecule has 1 saturated carbocycles. The topological polar surface area (TPSA) is 93.8 Å². The third kappa shape index (κ3) is 1.67. The summed E-state index contributed by atoms with van der Waals surface area (Å²) in [6.07, 6.45) is 2.80. The summed E-state index contributed by atoms with van der Waals surface area (Å²) in [6, 6.07) is 2.65. The van der Waals surface area contributed by atoms with E-state index in [2.05, 4.69) is 20.5 Å². The fourth-order valence-corrected chi connectivity index (χ4v) is 2.17. The van der Waals surface area contributed by atoms with Crippen molar-refractivity contribution in [3.63, 3.8) is 0 Å². The van der Waals surface area contributed by atoms with E-state index < -0.39 is 17.3 Å². The minimum Gasteiger partial charge on any atom is -0.479 e. The van der Waals surface area contributed by atoms with Crippen LogP contribution < -0.4 is 0 Å². The second-order valence-corrected chi connectivity index (χ2v) is 4.47.